The van der Waals surface area contributed by atoms with E-state index in [9.17, 15) is 4.79 Å². The van der Waals surface area contributed by atoms with Crippen molar-refractivity contribution >= 4 is 27.9 Å². The molecule has 4 aromatic heterocycles. The van der Waals surface area contributed by atoms with Gasteiger partial charge in [-0.05, 0) is 31.2 Å². The summed E-state index contributed by atoms with van der Waals surface area (Å²) in [7, 11) is 0. The Bertz CT molecular complexity index is 1520. The monoisotopic (exact) mass is 446 g/mol. The average Bonchev–Trinajstić information content (AvgIpc) is 3.51. The molecule has 0 aliphatic carbocycles. The van der Waals surface area contributed by atoms with Gasteiger partial charge in [0, 0.05) is 0 Å². The summed E-state index contributed by atoms with van der Waals surface area (Å²) in [6.07, 6.45) is 6.31. The minimum atomic E-state index is -0.724. The Kier molecular flexibility index (Phi) is 4.65. The first-order valence-corrected chi connectivity index (χ1v) is 10.7. The lowest BCUT2D eigenvalue weighted by Crippen LogP contribution is -2.15. The number of nitrogens with zero attached hydrogens (tertiary/aromatic N) is 8. The lowest BCUT2D eigenvalue weighted by atomic mass is 9.93. The van der Waals surface area contributed by atoms with E-state index in [1.54, 1.807) is 21.8 Å². The number of hydrogen-bond acceptors (Lipinski definition) is 7. The molecular formula is C25H18N8O. The third kappa shape index (κ3) is 3.14. The zero-order chi connectivity index (χ0) is 23.1. The highest BCUT2D eigenvalue weighted by atomic mass is 16.1. The fourth-order valence-corrected chi connectivity index (χ4v) is 4.22. The molecule has 0 saturated heterocycles. The predicted molar refractivity (Wildman–Crippen MR) is 126 cm³/mol. The van der Waals surface area contributed by atoms with Crippen molar-refractivity contribution in [3.63, 3.8) is 0 Å². The van der Waals surface area contributed by atoms with Crippen LogP contribution in [-0.4, -0.2) is 45.3 Å². The van der Waals surface area contributed by atoms with Crippen LogP contribution in [0.5, 0.6) is 0 Å². The molecule has 0 aliphatic rings. The van der Waals surface area contributed by atoms with Gasteiger partial charge in [-0.15, -0.1) is 0 Å². The SMILES string of the molecule is CC(=O)C(c1ncnc2c1cnn2-c1ccccc1)c1ncnc2c1cnn2-c1ccccc1. The minimum Gasteiger partial charge on any atom is -0.299 e. The van der Waals surface area contributed by atoms with Gasteiger partial charge in [0.25, 0.3) is 0 Å². The Balaban J connectivity index is 1.54. The molecule has 9 heteroatoms. The van der Waals surface area contributed by atoms with E-state index in [0.717, 1.165) is 11.4 Å². The van der Waals surface area contributed by atoms with E-state index >= 15 is 0 Å². The molecule has 0 bridgehead atoms. The number of Topliss-reactive ketones (excluding diaryl/α,β-unsaturated/α-hetero) is 1. The summed E-state index contributed by atoms with van der Waals surface area (Å²) in [5, 5.41) is 10.4. The zero-order valence-electron chi connectivity index (χ0n) is 18.1. The summed E-state index contributed by atoms with van der Waals surface area (Å²) < 4.78 is 3.47. The van der Waals surface area contributed by atoms with Crippen molar-refractivity contribution in [2.45, 2.75) is 12.8 Å². The van der Waals surface area contributed by atoms with Gasteiger partial charge in [-0.1, -0.05) is 36.4 Å². The van der Waals surface area contributed by atoms with Gasteiger partial charge in [-0.2, -0.15) is 10.2 Å². The van der Waals surface area contributed by atoms with Gasteiger partial charge in [0.15, 0.2) is 11.3 Å². The van der Waals surface area contributed by atoms with Gasteiger partial charge >= 0.3 is 0 Å². The first kappa shape index (κ1) is 19.9. The number of carbonyl (C=O) groups excluding carboxylic acids is 1. The number of benzene rings is 2. The van der Waals surface area contributed by atoms with Gasteiger partial charge in [0.1, 0.15) is 24.4 Å². The first-order valence-electron chi connectivity index (χ1n) is 10.7. The summed E-state index contributed by atoms with van der Waals surface area (Å²) in [6.45, 7) is 1.54. The van der Waals surface area contributed by atoms with Crippen molar-refractivity contribution in [2.75, 3.05) is 0 Å². The van der Waals surface area contributed by atoms with Crippen molar-refractivity contribution in [3.05, 3.63) is 97.1 Å². The minimum absolute atomic E-state index is 0.0973. The predicted octanol–water partition coefficient (Wildman–Crippen LogP) is 3.67. The van der Waals surface area contributed by atoms with E-state index in [-0.39, 0.29) is 5.78 Å². The van der Waals surface area contributed by atoms with Gasteiger partial charge < -0.3 is 0 Å². The molecule has 0 fully saturated rings. The molecule has 34 heavy (non-hydrogen) atoms. The van der Waals surface area contributed by atoms with Gasteiger partial charge in [0.2, 0.25) is 0 Å². The van der Waals surface area contributed by atoms with Crippen LogP contribution in [0.25, 0.3) is 33.4 Å². The molecule has 6 aromatic rings. The quantitative estimate of drug-likeness (QED) is 0.398. The fourth-order valence-electron chi connectivity index (χ4n) is 4.22. The summed E-state index contributed by atoms with van der Waals surface area (Å²) >= 11 is 0. The van der Waals surface area contributed by atoms with E-state index in [1.807, 2.05) is 60.7 Å². The van der Waals surface area contributed by atoms with Crippen molar-refractivity contribution < 1.29 is 4.79 Å². The van der Waals surface area contributed by atoms with Gasteiger partial charge in [0.05, 0.1) is 45.9 Å². The van der Waals surface area contributed by atoms with Crippen LogP contribution in [0.4, 0.5) is 0 Å². The van der Waals surface area contributed by atoms with Gasteiger partial charge in [-0.25, -0.2) is 29.3 Å². The number of aromatic nitrogens is 8. The maximum atomic E-state index is 13.0. The van der Waals surface area contributed by atoms with Gasteiger partial charge in [-0.3, -0.25) is 4.79 Å². The van der Waals surface area contributed by atoms with Crippen molar-refractivity contribution in [1.29, 1.82) is 0 Å². The Labute approximate surface area is 193 Å². The number of carbonyl (C=O) groups is 1. The highest BCUT2D eigenvalue weighted by Gasteiger charge is 2.29. The highest BCUT2D eigenvalue weighted by Crippen LogP contribution is 2.32. The van der Waals surface area contributed by atoms with E-state index in [4.69, 9.17) is 0 Å². The second-order valence-electron chi connectivity index (χ2n) is 7.82. The smallest absolute Gasteiger partial charge is 0.166 e. The number of hydrogen-bond donors (Lipinski definition) is 0. The number of fused-ring (bicyclic) bond motifs is 2. The van der Waals surface area contributed by atoms with E-state index < -0.39 is 5.92 Å². The Morgan fingerprint density at radius 1 is 0.676 bits per heavy atom. The topological polar surface area (TPSA) is 104 Å². The highest BCUT2D eigenvalue weighted by molar-refractivity contribution is 5.95. The second-order valence-corrected chi connectivity index (χ2v) is 7.82. The van der Waals surface area contributed by atoms with Crippen LogP contribution in [0, 0.1) is 0 Å². The zero-order valence-corrected chi connectivity index (χ0v) is 18.1. The van der Waals surface area contributed by atoms with Crippen molar-refractivity contribution in [1.82, 2.24) is 39.5 Å². The summed E-state index contributed by atoms with van der Waals surface area (Å²) in [5.41, 5.74) is 4.07. The van der Waals surface area contributed by atoms with Crippen LogP contribution in [-0.2, 0) is 4.79 Å². The van der Waals surface area contributed by atoms with Crippen LogP contribution in [0.15, 0.2) is 85.7 Å². The largest absolute Gasteiger partial charge is 0.299 e. The van der Waals surface area contributed by atoms with Crippen LogP contribution >= 0.6 is 0 Å². The van der Waals surface area contributed by atoms with Crippen molar-refractivity contribution in [3.8, 4) is 11.4 Å². The molecule has 0 saturated carbocycles. The molecule has 164 valence electrons. The molecule has 0 radical (unpaired) electrons. The van der Waals surface area contributed by atoms with Crippen LogP contribution in [0.2, 0.25) is 0 Å². The number of ketones is 1. The van der Waals surface area contributed by atoms with E-state index in [1.165, 1.54) is 19.6 Å². The standard InChI is InChI=1S/C25H18N8O/c1-16(34)21(22-19-12-30-32(24(19)28-14-26-22)17-8-4-2-5-9-17)23-20-13-31-33(25(20)29-15-27-23)18-10-6-3-7-11-18/h2-15,21H,1H3. The molecule has 0 N–H and O–H groups in total. The maximum Gasteiger partial charge on any atom is 0.166 e. The third-order valence-electron chi connectivity index (χ3n) is 5.75. The van der Waals surface area contributed by atoms with Crippen molar-refractivity contribution in [2.24, 2.45) is 0 Å². The molecule has 9 nitrogen and oxygen atoms in total. The summed E-state index contributed by atoms with van der Waals surface area (Å²) in [6, 6.07) is 19.4. The van der Waals surface area contributed by atoms with Crippen LogP contribution < -0.4 is 0 Å². The Hall–Kier alpha value is -4.79. The molecule has 6 rings (SSSR count). The molecule has 0 unspecified atom stereocenters. The molecule has 0 aliphatic heterocycles. The summed E-state index contributed by atoms with van der Waals surface area (Å²) in [5.74, 6) is -0.822. The molecular weight excluding hydrogens is 428 g/mol. The van der Waals surface area contributed by atoms with Crippen LogP contribution in [0.3, 0.4) is 0 Å². The number of para-hydroxylation sites is 2. The van der Waals surface area contributed by atoms with Crippen LogP contribution in [0.1, 0.15) is 24.2 Å². The average molecular weight is 446 g/mol. The molecule has 0 spiro atoms. The Morgan fingerprint density at radius 3 is 1.53 bits per heavy atom. The fraction of sp³-hybridized carbons (Fsp3) is 0.0800. The molecule has 2 aromatic carbocycles. The maximum absolute atomic E-state index is 13.0. The summed E-state index contributed by atoms with van der Waals surface area (Å²) in [4.78, 5) is 30.9. The van der Waals surface area contributed by atoms with E-state index in [0.29, 0.717) is 33.5 Å². The Morgan fingerprint density at radius 2 is 1.12 bits per heavy atom. The first-order chi connectivity index (χ1) is 16.7. The molecule has 0 atom stereocenters. The number of rotatable bonds is 5. The van der Waals surface area contributed by atoms with E-state index in [2.05, 4.69) is 30.1 Å². The third-order valence-corrected chi connectivity index (χ3v) is 5.75. The normalized spacial score (nSPS) is 11.5. The lowest BCUT2D eigenvalue weighted by Gasteiger charge is -2.14. The second kappa shape index (κ2) is 7.96. The molecule has 4 heterocycles. The lowest BCUT2D eigenvalue weighted by molar-refractivity contribution is -0.117. The molecule has 0 amide bonds.